The van der Waals surface area contributed by atoms with E-state index in [4.69, 9.17) is 14.2 Å². The Labute approximate surface area is 189 Å². The molecule has 0 radical (unpaired) electrons. The van der Waals surface area contributed by atoms with Crippen LogP contribution in [0.3, 0.4) is 0 Å². The van der Waals surface area contributed by atoms with Crippen LogP contribution in [0.4, 0.5) is 0 Å². The first kappa shape index (κ1) is 21.7. The van der Waals surface area contributed by atoms with Crippen LogP contribution < -0.4 is 14.2 Å². The molecule has 29 heavy (non-hydrogen) atoms. The minimum absolute atomic E-state index is 0.780. The van der Waals surface area contributed by atoms with Gasteiger partial charge in [0.1, 0.15) is 17.2 Å². The van der Waals surface area contributed by atoms with Crippen molar-refractivity contribution in [3.8, 4) is 39.5 Å². The van der Waals surface area contributed by atoms with Gasteiger partial charge in [-0.25, -0.2) is 0 Å². The highest BCUT2D eigenvalue weighted by Gasteiger charge is 2.21. The predicted octanol–water partition coefficient (Wildman–Crippen LogP) is 7.50. The molecule has 0 saturated carbocycles. The molecule has 0 aliphatic carbocycles. The summed E-state index contributed by atoms with van der Waals surface area (Å²) in [5, 5.41) is 0. The van der Waals surface area contributed by atoms with E-state index < -0.39 is 0 Å². The van der Waals surface area contributed by atoms with E-state index in [1.165, 1.54) is 0 Å². The van der Waals surface area contributed by atoms with Crippen LogP contribution in [-0.4, -0.2) is 21.3 Å². The van der Waals surface area contributed by atoms with E-state index in [1.54, 1.807) is 21.3 Å². The molecule has 3 rings (SSSR count). The summed E-state index contributed by atoms with van der Waals surface area (Å²) < 4.78 is 19.2. The molecular weight excluding hydrogens is 496 g/mol. The van der Waals surface area contributed by atoms with Crippen molar-refractivity contribution < 1.29 is 14.2 Å². The zero-order chi connectivity index (χ0) is 21.3. The number of hydrogen-bond donors (Lipinski definition) is 0. The topological polar surface area (TPSA) is 27.7 Å². The number of ether oxygens (including phenoxy) is 3. The number of rotatable bonds is 5. The normalized spacial score (nSPS) is 10.8. The van der Waals surface area contributed by atoms with Gasteiger partial charge in [-0.1, -0.05) is 0 Å². The van der Waals surface area contributed by atoms with Gasteiger partial charge in [-0.2, -0.15) is 0 Å². The highest BCUT2D eigenvalue weighted by Crippen LogP contribution is 2.48. The van der Waals surface area contributed by atoms with Crippen molar-refractivity contribution in [2.24, 2.45) is 0 Å². The summed E-state index contributed by atoms with van der Waals surface area (Å²) in [5.74, 6) is 2.34. The van der Waals surface area contributed by atoms with Crippen molar-refractivity contribution in [3.63, 3.8) is 0 Å². The molecule has 3 aromatic carbocycles. The summed E-state index contributed by atoms with van der Waals surface area (Å²) in [4.78, 5) is 0. The molecule has 3 nitrogen and oxygen atoms in total. The van der Waals surface area contributed by atoms with Crippen LogP contribution >= 0.6 is 31.9 Å². The first-order valence-electron chi connectivity index (χ1n) is 9.18. The molecule has 0 amide bonds. The molecule has 3 aromatic rings. The van der Waals surface area contributed by atoms with Crippen LogP contribution in [0, 0.1) is 20.8 Å². The molecule has 0 spiro atoms. The number of methoxy groups -OCH3 is 3. The first-order chi connectivity index (χ1) is 13.8. The fourth-order valence-corrected chi connectivity index (χ4v) is 5.14. The van der Waals surface area contributed by atoms with Gasteiger partial charge in [0, 0.05) is 22.3 Å². The smallest absolute Gasteiger partial charge is 0.141 e. The Bertz CT molecular complexity index is 994. The zero-order valence-electron chi connectivity index (χ0n) is 17.4. The first-order valence-corrected chi connectivity index (χ1v) is 10.8. The maximum atomic E-state index is 5.96. The van der Waals surface area contributed by atoms with Gasteiger partial charge in [0.2, 0.25) is 0 Å². The van der Waals surface area contributed by atoms with E-state index in [-0.39, 0.29) is 0 Å². The Kier molecular flexibility index (Phi) is 6.59. The van der Waals surface area contributed by atoms with E-state index in [9.17, 15) is 0 Å². The van der Waals surface area contributed by atoms with Gasteiger partial charge in [-0.3, -0.25) is 0 Å². The van der Waals surface area contributed by atoms with Gasteiger partial charge in [0.05, 0.1) is 30.3 Å². The molecule has 0 saturated heterocycles. The summed E-state index contributed by atoms with van der Waals surface area (Å²) in [6.45, 7) is 6.22. The largest absolute Gasteiger partial charge is 0.495 e. The van der Waals surface area contributed by atoms with Crippen LogP contribution in [0.2, 0.25) is 0 Å². The van der Waals surface area contributed by atoms with Crippen molar-refractivity contribution in [1.29, 1.82) is 0 Å². The lowest BCUT2D eigenvalue weighted by Gasteiger charge is -2.20. The Hall–Kier alpha value is -1.98. The van der Waals surface area contributed by atoms with Crippen LogP contribution in [0.1, 0.15) is 16.7 Å². The Morgan fingerprint density at radius 1 is 0.483 bits per heavy atom. The predicted molar refractivity (Wildman–Crippen MR) is 127 cm³/mol. The van der Waals surface area contributed by atoms with E-state index in [1.807, 2.05) is 12.1 Å². The molecule has 0 aromatic heterocycles. The lowest BCUT2D eigenvalue weighted by atomic mass is 9.92. The molecule has 152 valence electrons. The van der Waals surface area contributed by atoms with E-state index in [2.05, 4.69) is 76.9 Å². The lowest BCUT2D eigenvalue weighted by Crippen LogP contribution is -1.98. The third-order valence-corrected chi connectivity index (χ3v) is 5.98. The summed E-state index contributed by atoms with van der Waals surface area (Å²) >= 11 is 7.27. The van der Waals surface area contributed by atoms with Crippen LogP contribution in [0.5, 0.6) is 17.2 Å². The molecule has 0 aliphatic heterocycles. The Morgan fingerprint density at radius 3 is 1.07 bits per heavy atom. The molecule has 0 unspecified atom stereocenters. The standard InChI is InChI=1S/C24H24Br2O3/c1-13-7-16(18-9-14(2)11-20(25)23(18)28-5)22(27-4)17(8-13)19-10-15(3)12-21(26)24(19)29-6/h7-12H,1-6H3. The average Bonchev–Trinajstić information content (AvgIpc) is 2.66. The third-order valence-electron chi connectivity index (χ3n) is 4.80. The molecule has 0 bridgehead atoms. The highest BCUT2D eigenvalue weighted by atomic mass is 79.9. The second-order valence-electron chi connectivity index (χ2n) is 7.05. The van der Waals surface area contributed by atoms with Crippen LogP contribution in [0.15, 0.2) is 45.3 Å². The van der Waals surface area contributed by atoms with Crippen LogP contribution in [0.25, 0.3) is 22.3 Å². The van der Waals surface area contributed by atoms with Crippen molar-refractivity contribution in [1.82, 2.24) is 0 Å². The SMILES string of the molecule is COc1c(Br)cc(C)cc1-c1cc(C)cc(-c2cc(C)cc(Br)c2OC)c1OC. The van der Waals surface area contributed by atoms with Gasteiger partial charge in [0.15, 0.2) is 0 Å². The fraction of sp³-hybridized carbons (Fsp3) is 0.250. The highest BCUT2D eigenvalue weighted by molar-refractivity contribution is 9.11. The Morgan fingerprint density at radius 2 is 0.759 bits per heavy atom. The molecular formula is C24H24Br2O3. The van der Waals surface area contributed by atoms with Gasteiger partial charge in [0.25, 0.3) is 0 Å². The quantitative estimate of drug-likeness (QED) is 0.349. The number of hydrogen-bond acceptors (Lipinski definition) is 3. The average molecular weight is 520 g/mol. The number of benzene rings is 3. The second-order valence-corrected chi connectivity index (χ2v) is 8.76. The van der Waals surface area contributed by atoms with Crippen LogP contribution in [-0.2, 0) is 0 Å². The minimum atomic E-state index is 0.780. The maximum Gasteiger partial charge on any atom is 0.141 e. The van der Waals surface area contributed by atoms with Crippen molar-refractivity contribution in [3.05, 3.63) is 62.0 Å². The second kappa shape index (κ2) is 8.80. The molecule has 0 aliphatic rings. The lowest BCUT2D eigenvalue weighted by molar-refractivity contribution is 0.407. The zero-order valence-corrected chi connectivity index (χ0v) is 20.6. The molecule has 5 heteroatoms. The van der Waals surface area contributed by atoms with Gasteiger partial charge in [-0.15, -0.1) is 0 Å². The van der Waals surface area contributed by atoms with Gasteiger partial charge < -0.3 is 14.2 Å². The molecule has 0 atom stereocenters. The van der Waals surface area contributed by atoms with E-state index in [0.717, 1.165) is 65.1 Å². The van der Waals surface area contributed by atoms with Crippen molar-refractivity contribution in [2.75, 3.05) is 21.3 Å². The number of aryl methyl sites for hydroxylation is 3. The third kappa shape index (κ3) is 4.17. The minimum Gasteiger partial charge on any atom is -0.495 e. The Balaban J connectivity index is 2.41. The van der Waals surface area contributed by atoms with Gasteiger partial charge >= 0.3 is 0 Å². The molecule has 0 fully saturated rings. The fourth-order valence-electron chi connectivity index (χ4n) is 3.67. The summed E-state index contributed by atoms with van der Waals surface area (Å²) in [7, 11) is 5.07. The van der Waals surface area contributed by atoms with Crippen molar-refractivity contribution >= 4 is 31.9 Å². The summed E-state index contributed by atoms with van der Waals surface area (Å²) in [6.07, 6.45) is 0. The summed E-state index contributed by atoms with van der Waals surface area (Å²) in [6, 6.07) is 12.6. The molecule has 0 N–H and O–H groups in total. The van der Waals surface area contributed by atoms with Gasteiger partial charge in [-0.05, 0) is 106 Å². The number of halogens is 2. The van der Waals surface area contributed by atoms with Crippen molar-refractivity contribution in [2.45, 2.75) is 20.8 Å². The van der Waals surface area contributed by atoms with E-state index >= 15 is 0 Å². The maximum absolute atomic E-state index is 5.96. The summed E-state index contributed by atoms with van der Waals surface area (Å²) in [5.41, 5.74) is 7.29. The monoisotopic (exact) mass is 518 g/mol. The molecule has 0 heterocycles. The van der Waals surface area contributed by atoms with E-state index in [0.29, 0.717) is 0 Å².